The second-order valence-electron chi connectivity index (χ2n) is 8.13. The number of carbonyl (C=O) groups excluding carboxylic acids is 2. The predicted molar refractivity (Wildman–Crippen MR) is 121 cm³/mol. The van der Waals surface area contributed by atoms with Gasteiger partial charge in [0.25, 0.3) is 0 Å². The molecule has 2 amide bonds. The van der Waals surface area contributed by atoms with Crippen molar-refractivity contribution in [3.05, 3.63) is 106 Å². The van der Waals surface area contributed by atoms with Crippen LogP contribution in [0.3, 0.4) is 0 Å². The molecule has 0 saturated carbocycles. The van der Waals surface area contributed by atoms with Gasteiger partial charge in [-0.05, 0) is 59.4 Å². The van der Waals surface area contributed by atoms with Crippen molar-refractivity contribution in [2.45, 2.75) is 32.0 Å². The van der Waals surface area contributed by atoms with Crippen molar-refractivity contribution in [1.82, 2.24) is 10.2 Å². The van der Waals surface area contributed by atoms with Crippen LogP contribution in [0, 0.1) is 5.82 Å². The molecule has 0 saturated heterocycles. The Balaban J connectivity index is 1.48. The van der Waals surface area contributed by atoms with Gasteiger partial charge in [-0.15, -0.1) is 0 Å². The smallest absolute Gasteiger partial charge is 0.248 e. The van der Waals surface area contributed by atoms with Crippen LogP contribution in [-0.4, -0.2) is 29.3 Å². The Morgan fingerprint density at radius 1 is 0.969 bits per heavy atom. The summed E-state index contributed by atoms with van der Waals surface area (Å²) < 4.78 is 13.1. The molecule has 0 fully saturated rings. The fourth-order valence-electron chi connectivity index (χ4n) is 4.16. The van der Waals surface area contributed by atoms with Crippen LogP contribution in [-0.2, 0) is 30.7 Å². The van der Waals surface area contributed by atoms with Crippen LogP contribution in [0.5, 0.6) is 0 Å². The van der Waals surface area contributed by atoms with Crippen molar-refractivity contribution in [2.75, 3.05) is 6.54 Å². The highest BCUT2D eigenvalue weighted by atomic mass is 19.1. The third-order valence-electron chi connectivity index (χ3n) is 5.87. The van der Waals surface area contributed by atoms with Gasteiger partial charge in [-0.25, -0.2) is 4.39 Å². The Bertz CT molecular complexity index is 1110. The largest absolute Gasteiger partial charge is 0.366 e. The zero-order valence-electron chi connectivity index (χ0n) is 17.8. The summed E-state index contributed by atoms with van der Waals surface area (Å²) in [4.78, 5) is 26.8. The SMILES string of the molecule is NC(=O)c1cccc(CN2Cc3ccccc3C[C@H]2C(=O)NCCc2ccc(F)cc2)c1. The van der Waals surface area contributed by atoms with Crippen molar-refractivity contribution in [2.24, 2.45) is 5.73 Å². The van der Waals surface area contributed by atoms with Gasteiger partial charge in [0.2, 0.25) is 11.8 Å². The molecule has 0 aliphatic carbocycles. The molecule has 3 N–H and O–H groups in total. The lowest BCUT2D eigenvalue weighted by Crippen LogP contribution is -2.50. The molecule has 0 radical (unpaired) electrons. The first-order valence-corrected chi connectivity index (χ1v) is 10.7. The number of primary amides is 1. The number of benzene rings is 3. The van der Waals surface area contributed by atoms with E-state index in [0.717, 1.165) is 11.1 Å². The van der Waals surface area contributed by atoms with E-state index in [1.54, 1.807) is 24.3 Å². The van der Waals surface area contributed by atoms with Crippen LogP contribution in [0.25, 0.3) is 0 Å². The topological polar surface area (TPSA) is 75.4 Å². The highest BCUT2D eigenvalue weighted by Crippen LogP contribution is 2.25. The van der Waals surface area contributed by atoms with Gasteiger partial charge in [0, 0.05) is 25.2 Å². The first-order chi connectivity index (χ1) is 15.5. The number of carbonyl (C=O) groups is 2. The van der Waals surface area contributed by atoms with E-state index in [-0.39, 0.29) is 17.8 Å². The molecular formula is C26H26FN3O2. The molecule has 5 nitrogen and oxygen atoms in total. The van der Waals surface area contributed by atoms with Crippen molar-refractivity contribution in [1.29, 1.82) is 0 Å². The number of rotatable bonds is 7. The van der Waals surface area contributed by atoms with E-state index in [4.69, 9.17) is 5.73 Å². The molecule has 164 valence electrons. The van der Waals surface area contributed by atoms with Gasteiger partial charge in [-0.3, -0.25) is 14.5 Å². The Morgan fingerprint density at radius 2 is 1.72 bits per heavy atom. The molecule has 3 aromatic carbocycles. The van der Waals surface area contributed by atoms with Gasteiger partial charge in [-0.2, -0.15) is 0 Å². The summed E-state index contributed by atoms with van der Waals surface area (Å²) in [5.74, 6) is -0.770. The number of nitrogens with one attached hydrogen (secondary N) is 1. The van der Waals surface area contributed by atoms with E-state index >= 15 is 0 Å². The highest BCUT2D eigenvalue weighted by Gasteiger charge is 2.31. The molecule has 3 aromatic rings. The maximum atomic E-state index is 13.1. The maximum absolute atomic E-state index is 13.1. The summed E-state index contributed by atoms with van der Waals surface area (Å²) in [7, 11) is 0. The minimum atomic E-state index is -0.467. The minimum Gasteiger partial charge on any atom is -0.366 e. The average molecular weight is 432 g/mol. The van der Waals surface area contributed by atoms with Gasteiger partial charge in [-0.1, -0.05) is 48.5 Å². The molecule has 1 aliphatic rings. The van der Waals surface area contributed by atoms with Gasteiger partial charge < -0.3 is 11.1 Å². The molecule has 0 spiro atoms. The number of amides is 2. The van der Waals surface area contributed by atoms with E-state index in [1.807, 2.05) is 24.3 Å². The predicted octanol–water partition coefficient (Wildman–Crippen LogP) is 3.21. The van der Waals surface area contributed by atoms with Gasteiger partial charge in [0.05, 0.1) is 6.04 Å². The zero-order valence-corrected chi connectivity index (χ0v) is 17.8. The summed E-state index contributed by atoms with van der Waals surface area (Å²) >= 11 is 0. The number of hydrogen-bond donors (Lipinski definition) is 2. The van der Waals surface area contributed by atoms with Gasteiger partial charge >= 0.3 is 0 Å². The number of fused-ring (bicyclic) bond motifs is 1. The summed E-state index contributed by atoms with van der Waals surface area (Å²) in [5, 5.41) is 3.04. The molecule has 1 heterocycles. The fraction of sp³-hybridized carbons (Fsp3) is 0.231. The van der Waals surface area contributed by atoms with E-state index in [0.29, 0.717) is 38.0 Å². The van der Waals surface area contributed by atoms with Crippen molar-refractivity contribution in [3.63, 3.8) is 0 Å². The van der Waals surface area contributed by atoms with Crippen LogP contribution < -0.4 is 11.1 Å². The lowest BCUT2D eigenvalue weighted by atomic mass is 9.93. The van der Waals surface area contributed by atoms with Crippen LogP contribution in [0.15, 0.2) is 72.8 Å². The molecule has 0 aromatic heterocycles. The summed E-state index contributed by atoms with van der Waals surface area (Å²) in [5.41, 5.74) is 10.2. The molecule has 1 aliphatic heterocycles. The molecule has 6 heteroatoms. The molecule has 0 unspecified atom stereocenters. The van der Waals surface area contributed by atoms with E-state index in [1.165, 1.54) is 23.3 Å². The Hall–Kier alpha value is -3.51. The molecule has 0 bridgehead atoms. The zero-order chi connectivity index (χ0) is 22.5. The normalized spacial score (nSPS) is 15.7. The quantitative estimate of drug-likeness (QED) is 0.603. The second kappa shape index (κ2) is 9.75. The number of nitrogens with zero attached hydrogens (tertiary/aromatic N) is 1. The molecule has 4 rings (SSSR count). The minimum absolute atomic E-state index is 0.0346. The van der Waals surface area contributed by atoms with Crippen molar-refractivity contribution in [3.8, 4) is 0 Å². The number of halogens is 1. The monoisotopic (exact) mass is 431 g/mol. The first-order valence-electron chi connectivity index (χ1n) is 10.7. The third kappa shape index (κ3) is 5.21. The van der Waals surface area contributed by atoms with Gasteiger partial charge in [0.1, 0.15) is 5.82 Å². The fourth-order valence-corrected chi connectivity index (χ4v) is 4.16. The van der Waals surface area contributed by atoms with Crippen molar-refractivity contribution < 1.29 is 14.0 Å². The summed E-state index contributed by atoms with van der Waals surface area (Å²) in [6.45, 7) is 1.66. The maximum Gasteiger partial charge on any atom is 0.248 e. The van der Waals surface area contributed by atoms with Crippen LogP contribution in [0.1, 0.15) is 32.6 Å². The summed E-state index contributed by atoms with van der Waals surface area (Å²) in [6.07, 6.45) is 1.25. The van der Waals surface area contributed by atoms with Crippen LogP contribution in [0.2, 0.25) is 0 Å². The number of nitrogens with two attached hydrogens (primary N) is 1. The average Bonchev–Trinajstić information content (AvgIpc) is 2.80. The number of hydrogen-bond acceptors (Lipinski definition) is 3. The Labute approximate surface area is 187 Å². The lowest BCUT2D eigenvalue weighted by Gasteiger charge is -2.36. The van der Waals surface area contributed by atoms with Gasteiger partial charge in [0.15, 0.2) is 0 Å². The van der Waals surface area contributed by atoms with E-state index < -0.39 is 5.91 Å². The standard InChI is InChI=1S/C26H26FN3O2/c27-23-10-8-18(9-11-23)12-13-29-26(32)24-15-20-5-1-2-6-22(20)17-30(24)16-19-4-3-7-21(14-19)25(28)31/h1-11,14,24H,12-13,15-17H2,(H2,28,31)(H,29,32)/t24-/m0/s1. The van der Waals surface area contributed by atoms with Crippen molar-refractivity contribution >= 4 is 11.8 Å². The first kappa shape index (κ1) is 21.7. The second-order valence-corrected chi connectivity index (χ2v) is 8.13. The summed E-state index contributed by atoms with van der Waals surface area (Å²) in [6, 6.07) is 21.4. The Morgan fingerprint density at radius 3 is 2.47 bits per heavy atom. The lowest BCUT2D eigenvalue weighted by molar-refractivity contribution is -0.127. The van der Waals surface area contributed by atoms with E-state index in [2.05, 4.69) is 22.3 Å². The molecule has 1 atom stereocenters. The Kier molecular flexibility index (Phi) is 6.61. The molecular weight excluding hydrogens is 405 g/mol. The van der Waals surface area contributed by atoms with Crippen LogP contribution in [0.4, 0.5) is 4.39 Å². The van der Waals surface area contributed by atoms with E-state index in [9.17, 15) is 14.0 Å². The third-order valence-corrected chi connectivity index (χ3v) is 5.87. The highest BCUT2D eigenvalue weighted by molar-refractivity contribution is 5.92. The van der Waals surface area contributed by atoms with Crippen LogP contribution >= 0.6 is 0 Å². The molecule has 32 heavy (non-hydrogen) atoms.